The third kappa shape index (κ3) is 2.87. The number of carbonyl (C=O) groups excluding carboxylic acids is 1. The number of carbonyl (C=O) groups is 1. The first-order valence-electron chi connectivity index (χ1n) is 5.62. The second kappa shape index (κ2) is 5.64. The Hall–Kier alpha value is -1.88. The monoisotopic (exact) mass is 264 g/mol. The van der Waals surface area contributed by atoms with E-state index in [0.717, 1.165) is 12.0 Å². The molecule has 0 bridgehead atoms. The van der Waals surface area contributed by atoms with Crippen molar-refractivity contribution in [2.45, 2.75) is 19.4 Å². The summed E-state index contributed by atoms with van der Waals surface area (Å²) < 4.78 is 0. The fraction of sp³-hybridized carbons (Fsp3) is 0.250. The Labute approximate surface area is 110 Å². The quantitative estimate of drug-likeness (QED) is 0.890. The van der Waals surface area contributed by atoms with Gasteiger partial charge in [-0.2, -0.15) is 15.4 Å². The van der Waals surface area contributed by atoms with Gasteiger partial charge in [0.2, 0.25) is 0 Å². The molecule has 94 valence electrons. The summed E-state index contributed by atoms with van der Waals surface area (Å²) in [5, 5.41) is 13.3. The summed E-state index contributed by atoms with van der Waals surface area (Å²) in [6, 6.07) is 7.36. The van der Waals surface area contributed by atoms with Crippen LogP contribution in [0.2, 0.25) is 5.02 Å². The SMILES string of the molecule is CCC(NC(=O)c1cn[nH]n1)c1ccc(Cl)cc1. The molecular weight excluding hydrogens is 252 g/mol. The van der Waals surface area contributed by atoms with Crippen molar-refractivity contribution in [2.24, 2.45) is 0 Å². The lowest BCUT2D eigenvalue weighted by molar-refractivity contribution is 0.0930. The first-order chi connectivity index (χ1) is 8.70. The molecule has 2 rings (SSSR count). The van der Waals surface area contributed by atoms with Gasteiger partial charge in [-0.05, 0) is 24.1 Å². The van der Waals surface area contributed by atoms with Gasteiger partial charge < -0.3 is 5.32 Å². The van der Waals surface area contributed by atoms with Crippen LogP contribution in [0.5, 0.6) is 0 Å². The van der Waals surface area contributed by atoms with Crippen molar-refractivity contribution >= 4 is 17.5 Å². The minimum absolute atomic E-state index is 0.0635. The smallest absolute Gasteiger partial charge is 0.273 e. The number of nitrogens with zero attached hydrogens (tertiary/aromatic N) is 2. The summed E-state index contributed by atoms with van der Waals surface area (Å²) in [5.74, 6) is -0.245. The van der Waals surface area contributed by atoms with E-state index in [9.17, 15) is 4.79 Å². The highest BCUT2D eigenvalue weighted by Crippen LogP contribution is 2.19. The van der Waals surface area contributed by atoms with E-state index in [1.54, 1.807) is 0 Å². The number of aromatic nitrogens is 3. The van der Waals surface area contributed by atoms with Gasteiger partial charge in [-0.3, -0.25) is 4.79 Å². The number of halogens is 1. The molecule has 0 radical (unpaired) electrons. The van der Waals surface area contributed by atoms with Crippen LogP contribution in [0.1, 0.15) is 35.4 Å². The lowest BCUT2D eigenvalue weighted by Gasteiger charge is -2.16. The topological polar surface area (TPSA) is 70.7 Å². The maximum Gasteiger partial charge on any atom is 0.273 e. The summed E-state index contributed by atoms with van der Waals surface area (Å²) in [6.07, 6.45) is 2.18. The summed E-state index contributed by atoms with van der Waals surface area (Å²) in [4.78, 5) is 11.9. The number of aromatic amines is 1. The van der Waals surface area contributed by atoms with Gasteiger partial charge in [0.05, 0.1) is 12.2 Å². The molecule has 0 aliphatic heterocycles. The lowest BCUT2D eigenvalue weighted by Crippen LogP contribution is -2.28. The average molecular weight is 265 g/mol. The van der Waals surface area contributed by atoms with Crippen LogP contribution in [0.3, 0.4) is 0 Å². The zero-order chi connectivity index (χ0) is 13.0. The zero-order valence-corrected chi connectivity index (χ0v) is 10.6. The number of hydrogen-bond acceptors (Lipinski definition) is 3. The van der Waals surface area contributed by atoms with Crippen molar-refractivity contribution < 1.29 is 4.79 Å². The Morgan fingerprint density at radius 1 is 1.44 bits per heavy atom. The number of rotatable bonds is 4. The molecule has 2 N–H and O–H groups in total. The van der Waals surface area contributed by atoms with Crippen molar-refractivity contribution in [3.05, 3.63) is 46.7 Å². The maximum atomic E-state index is 11.9. The molecule has 1 unspecified atom stereocenters. The summed E-state index contributed by atoms with van der Waals surface area (Å²) >= 11 is 5.84. The van der Waals surface area contributed by atoms with E-state index < -0.39 is 0 Å². The van der Waals surface area contributed by atoms with Gasteiger partial charge in [0, 0.05) is 5.02 Å². The molecule has 0 saturated heterocycles. The van der Waals surface area contributed by atoms with Crippen LogP contribution < -0.4 is 5.32 Å². The molecule has 0 aliphatic carbocycles. The first-order valence-corrected chi connectivity index (χ1v) is 6.00. The molecule has 2 aromatic rings. The van der Waals surface area contributed by atoms with E-state index in [2.05, 4.69) is 20.7 Å². The third-order valence-corrected chi connectivity index (χ3v) is 2.89. The third-order valence-electron chi connectivity index (χ3n) is 2.63. The van der Waals surface area contributed by atoms with Gasteiger partial charge in [-0.15, -0.1) is 0 Å². The van der Waals surface area contributed by atoms with Crippen LogP contribution in [0, 0.1) is 0 Å². The van der Waals surface area contributed by atoms with Gasteiger partial charge in [-0.1, -0.05) is 30.7 Å². The number of H-pyrrole nitrogens is 1. The van der Waals surface area contributed by atoms with Gasteiger partial charge in [0.25, 0.3) is 5.91 Å². The van der Waals surface area contributed by atoms with E-state index >= 15 is 0 Å². The largest absolute Gasteiger partial charge is 0.344 e. The molecular formula is C12H13ClN4O. The van der Waals surface area contributed by atoms with E-state index in [1.807, 2.05) is 31.2 Å². The molecule has 0 fully saturated rings. The molecule has 0 aliphatic rings. The predicted octanol–water partition coefficient (Wildman–Crippen LogP) is 2.34. The molecule has 6 heteroatoms. The number of nitrogens with one attached hydrogen (secondary N) is 2. The highest BCUT2D eigenvalue weighted by Gasteiger charge is 2.15. The zero-order valence-electron chi connectivity index (χ0n) is 9.85. The lowest BCUT2D eigenvalue weighted by atomic mass is 10.0. The molecule has 1 aromatic heterocycles. The molecule has 1 amide bonds. The van der Waals surface area contributed by atoms with E-state index in [0.29, 0.717) is 5.02 Å². The van der Waals surface area contributed by atoms with Crippen LogP contribution in [0.25, 0.3) is 0 Å². The maximum absolute atomic E-state index is 11.9. The Morgan fingerprint density at radius 2 is 2.17 bits per heavy atom. The van der Waals surface area contributed by atoms with Crippen molar-refractivity contribution in [1.29, 1.82) is 0 Å². The molecule has 1 heterocycles. The molecule has 1 aromatic carbocycles. The fourth-order valence-electron chi connectivity index (χ4n) is 1.66. The molecule has 1 atom stereocenters. The van der Waals surface area contributed by atoms with E-state index in [1.165, 1.54) is 6.20 Å². The summed E-state index contributed by atoms with van der Waals surface area (Å²) in [7, 11) is 0. The van der Waals surface area contributed by atoms with Crippen molar-refractivity contribution in [1.82, 2.24) is 20.7 Å². The molecule has 0 spiro atoms. The standard InChI is InChI=1S/C12H13ClN4O/c1-2-10(8-3-5-9(13)6-4-8)15-12(18)11-7-14-17-16-11/h3-7,10H,2H2,1H3,(H,15,18)(H,14,16,17). The fourth-order valence-corrected chi connectivity index (χ4v) is 1.79. The van der Waals surface area contributed by atoms with Crippen LogP contribution in [0.15, 0.2) is 30.5 Å². The Kier molecular flexibility index (Phi) is 3.94. The van der Waals surface area contributed by atoms with E-state index in [4.69, 9.17) is 11.6 Å². The summed E-state index contributed by atoms with van der Waals surface area (Å²) in [5.41, 5.74) is 1.29. The Bertz CT molecular complexity index is 509. The predicted molar refractivity (Wildman–Crippen MR) is 68.3 cm³/mol. The van der Waals surface area contributed by atoms with Crippen LogP contribution in [-0.2, 0) is 0 Å². The molecule has 18 heavy (non-hydrogen) atoms. The average Bonchev–Trinajstić information content (AvgIpc) is 2.91. The number of amides is 1. The van der Waals surface area contributed by atoms with Crippen molar-refractivity contribution in [3.63, 3.8) is 0 Å². The second-order valence-electron chi connectivity index (χ2n) is 3.84. The highest BCUT2D eigenvalue weighted by atomic mass is 35.5. The van der Waals surface area contributed by atoms with Gasteiger partial charge in [0.1, 0.15) is 0 Å². The first kappa shape index (κ1) is 12.6. The van der Waals surface area contributed by atoms with Gasteiger partial charge in [0.15, 0.2) is 5.69 Å². The second-order valence-corrected chi connectivity index (χ2v) is 4.28. The van der Waals surface area contributed by atoms with Crippen molar-refractivity contribution in [2.75, 3.05) is 0 Å². The van der Waals surface area contributed by atoms with Crippen LogP contribution in [0.4, 0.5) is 0 Å². The van der Waals surface area contributed by atoms with Gasteiger partial charge in [-0.25, -0.2) is 0 Å². The number of benzene rings is 1. The van der Waals surface area contributed by atoms with Gasteiger partial charge >= 0.3 is 0 Å². The summed E-state index contributed by atoms with van der Waals surface area (Å²) in [6.45, 7) is 2.00. The number of hydrogen-bond donors (Lipinski definition) is 2. The minimum Gasteiger partial charge on any atom is -0.344 e. The Morgan fingerprint density at radius 3 is 2.72 bits per heavy atom. The molecule has 5 nitrogen and oxygen atoms in total. The highest BCUT2D eigenvalue weighted by molar-refractivity contribution is 6.30. The minimum atomic E-state index is -0.245. The van der Waals surface area contributed by atoms with Crippen molar-refractivity contribution in [3.8, 4) is 0 Å². The normalized spacial score (nSPS) is 12.1. The molecule has 0 saturated carbocycles. The van der Waals surface area contributed by atoms with Crippen LogP contribution >= 0.6 is 11.6 Å². The Balaban J connectivity index is 2.10. The van der Waals surface area contributed by atoms with E-state index in [-0.39, 0.29) is 17.6 Å². The van der Waals surface area contributed by atoms with Crippen LogP contribution in [-0.4, -0.2) is 21.3 Å².